The zero-order valence-electron chi connectivity index (χ0n) is 23.0. The maximum atomic E-state index is 14.2. The smallest absolute Gasteiger partial charge is 0.408 e. The summed E-state index contributed by atoms with van der Waals surface area (Å²) in [6.07, 6.45) is 0.142. The van der Waals surface area contributed by atoms with Gasteiger partial charge in [-0.2, -0.15) is 0 Å². The number of likely N-dealkylation sites (tertiary alicyclic amines) is 1. The predicted octanol–water partition coefficient (Wildman–Crippen LogP) is 7.20. The number of aromatic nitrogens is 1. The number of hydrogen-bond acceptors (Lipinski definition) is 5. The van der Waals surface area contributed by atoms with Crippen molar-refractivity contribution < 1.29 is 31.9 Å². The Morgan fingerprint density at radius 1 is 1.05 bits per heavy atom. The first-order valence-corrected chi connectivity index (χ1v) is 13.3. The number of piperidine rings is 1. The van der Waals surface area contributed by atoms with Crippen molar-refractivity contribution in [1.82, 2.24) is 15.2 Å². The Hall–Kier alpha value is -4.34. The molecule has 0 unspecified atom stereocenters. The minimum atomic E-state index is -2.74. The number of fused-ring (bicyclic) bond motifs is 1. The third-order valence-electron chi connectivity index (χ3n) is 6.70. The van der Waals surface area contributed by atoms with Crippen LogP contribution in [0.2, 0.25) is 0 Å². The second kappa shape index (κ2) is 10.9. The molecule has 0 radical (unpaired) electrons. The molecule has 2 aromatic carbocycles. The minimum absolute atomic E-state index is 0.00709. The number of nitrogens with one attached hydrogen (secondary N) is 1. The Labute approximate surface area is 235 Å². The average Bonchev–Trinajstić information content (AvgIpc) is 3.33. The van der Waals surface area contributed by atoms with E-state index in [1.54, 1.807) is 51.1 Å². The van der Waals surface area contributed by atoms with E-state index in [2.05, 4.69) is 10.3 Å². The molecule has 41 heavy (non-hydrogen) atoms. The number of alkyl carbamates (subject to hydrolysis) is 1. The highest BCUT2D eigenvalue weighted by atomic mass is 19.3. The quantitative estimate of drug-likeness (QED) is 0.277. The minimum Gasteiger partial charge on any atom is -0.459 e. The van der Waals surface area contributed by atoms with Gasteiger partial charge in [0.2, 0.25) is 0 Å². The molecule has 10 heteroatoms. The second-order valence-corrected chi connectivity index (χ2v) is 11.1. The topological polar surface area (TPSA) is 84.7 Å². The van der Waals surface area contributed by atoms with E-state index in [9.17, 15) is 22.8 Å². The molecule has 1 saturated heterocycles. The van der Waals surface area contributed by atoms with Crippen LogP contribution in [0.15, 0.2) is 65.2 Å². The van der Waals surface area contributed by atoms with E-state index in [0.717, 1.165) is 0 Å². The van der Waals surface area contributed by atoms with Gasteiger partial charge in [0.05, 0.1) is 17.8 Å². The van der Waals surface area contributed by atoms with Gasteiger partial charge in [-0.1, -0.05) is 12.1 Å². The van der Waals surface area contributed by atoms with Gasteiger partial charge < -0.3 is 19.4 Å². The highest BCUT2D eigenvalue weighted by Crippen LogP contribution is 2.36. The number of rotatable bonds is 5. The molecular weight excluding hydrogens is 535 g/mol. The standard InChI is InChI=1S/C31H30F3N3O4/c1-30(2,3)41-29(39)36-18-24-15-22-13-21(16-25(27(22)40-24)19-5-4-6-23(32)14-19)26-8-7-20(17-35-26)28(38)37-11-9-31(33,34)10-12-37/h4-8,13-17H,9-12,18H2,1-3H3,(H,36,39). The summed E-state index contributed by atoms with van der Waals surface area (Å²) < 4.78 is 52.5. The summed E-state index contributed by atoms with van der Waals surface area (Å²) in [5.74, 6) is -3.01. The van der Waals surface area contributed by atoms with E-state index in [4.69, 9.17) is 9.15 Å². The molecule has 5 rings (SSSR count). The van der Waals surface area contributed by atoms with E-state index >= 15 is 0 Å². The van der Waals surface area contributed by atoms with Crippen LogP contribution in [0.1, 0.15) is 49.7 Å². The fraction of sp³-hybridized carbons (Fsp3) is 0.323. The number of ether oxygens (including phenoxy) is 1. The average molecular weight is 566 g/mol. The Bertz CT molecular complexity index is 1580. The summed E-state index contributed by atoms with van der Waals surface area (Å²) >= 11 is 0. The van der Waals surface area contributed by atoms with E-state index in [1.807, 2.05) is 12.1 Å². The predicted molar refractivity (Wildman–Crippen MR) is 148 cm³/mol. The lowest BCUT2D eigenvalue weighted by molar-refractivity contribution is -0.0494. The number of carbonyl (C=O) groups is 2. The Kier molecular flexibility index (Phi) is 7.50. The number of halogens is 3. The Balaban J connectivity index is 1.44. The molecule has 1 N–H and O–H groups in total. The van der Waals surface area contributed by atoms with Gasteiger partial charge in [0.15, 0.2) is 0 Å². The molecule has 0 saturated carbocycles. The number of hydrogen-bond donors (Lipinski definition) is 1. The van der Waals surface area contributed by atoms with E-state index in [-0.39, 0.29) is 38.4 Å². The Morgan fingerprint density at radius 3 is 2.46 bits per heavy atom. The van der Waals surface area contributed by atoms with Gasteiger partial charge in [0.1, 0.15) is 22.8 Å². The summed E-state index contributed by atoms with van der Waals surface area (Å²) in [4.78, 5) is 30.9. The van der Waals surface area contributed by atoms with Crippen molar-refractivity contribution >= 4 is 23.0 Å². The van der Waals surface area contributed by atoms with Gasteiger partial charge in [-0.25, -0.2) is 18.0 Å². The van der Waals surface area contributed by atoms with Crippen LogP contribution in [-0.4, -0.2) is 46.5 Å². The fourth-order valence-electron chi connectivity index (χ4n) is 4.70. The fourth-order valence-corrected chi connectivity index (χ4v) is 4.70. The van der Waals surface area contributed by atoms with E-state index < -0.39 is 23.4 Å². The number of alkyl halides is 2. The van der Waals surface area contributed by atoms with Crippen molar-refractivity contribution in [3.05, 3.63) is 77.9 Å². The maximum absolute atomic E-state index is 14.2. The second-order valence-electron chi connectivity index (χ2n) is 11.1. The molecule has 1 aliphatic rings. The highest BCUT2D eigenvalue weighted by Gasteiger charge is 2.35. The van der Waals surface area contributed by atoms with Gasteiger partial charge in [-0.15, -0.1) is 0 Å². The monoisotopic (exact) mass is 565 g/mol. The molecular formula is C31H30F3N3O4. The van der Waals surface area contributed by atoms with Crippen LogP contribution in [0, 0.1) is 5.82 Å². The molecule has 3 heterocycles. The van der Waals surface area contributed by atoms with Crippen LogP contribution in [0.3, 0.4) is 0 Å². The number of nitrogens with zero attached hydrogens (tertiary/aromatic N) is 2. The van der Waals surface area contributed by atoms with Crippen LogP contribution in [-0.2, 0) is 11.3 Å². The van der Waals surface area contributed by atoms with Crippen molar-refractivity contribution in [2.45, 2.75) is 51.7 Å². The molecule has 214 valence electrons. The number of pyridine rings is 1. The summed E-state index contributed by atoms with van der Waals surface area (Å²) in [7, 11) is 0. The van der Waals surface area contributed by atoms with Crippen molar-refractivity contribution in [2.75, 3.05) is 13.1 Å². The lowest BCUT2D eigenvalue weighted by atomic mass is 9.98. The van der Waals surface area contributed by atoms with Gasteiger partial charge in [0.25, 0.3) is 11.8 Å². The number of benzene rings is 2. The normalized spacial score (nSPS) is 15.1. The van der Waals surface area contributed by atoms with Gasteiger partial charge in [-0.3, -0.25) is 9.78 Å². The van der Waals surface area contributed by atoms with Crippen molar-refractivity contribution in [1.29, 1.82) is 0 Å². The third kappa shape index (κ3) is 6.70. The van der Waals surface area contributed by atoms with E-state index in [1.165, 1.54) is 23.2 Å². The third-order valence-corrected chi connectivity index (χ3v) is 6.70. The Morgan fingerprint density at radius 2 is 1.80 bits per heavy atom. The first kappa shape index (κ1) is 28.2. The van der Waals surface area contributed by atoms with Gasteiger partial charge >= 0.3 is 6.09 Å². The molecule has 1 fully saturated rings. The zero-order chi connectivity index (χ0) is 29.4. The van der Waals surface area contributed by atoms with Crippen LogP contribution in [0.4, 0.5) is 18.0 Å². The van der Waals surface area contributed by atoms with Crippen molar-refractivity contribution in [3.8, 4) is 22.4 Å². The molecule has 2 aromatic heterocycles. The van der Waals surface area contributed by atoms with Crippen LogP contribution < -0.4 is 5.32 Å². The van der Waals surface area contributed by atoms with Gasteiger partial charge in [-0.05, 0) is 68.8 Å². The highest BCUT2D eigenvalue weighted by molar-refractivity contribution is 5.97. The summed E-state index contributed by atoms with van der Waals surface area (Å²) in [5, 5.41) is 3.38. The number of furan rings is 1. The van der Waals surface area contributed by atoms with Crippen LogP contribution in [0.25, 0.3) is 33.4 Å². The first-order valence-electron chi connectivity index (χ1n) is 13.3. The summed E-state index contributed by atoms with van der Waals surface area (Å²) in [5.41, 5.74) is 2.63. The van der Waals surface area contributed by atoms with Crippen LogP contribution >= 0.6 is 0 Å². The first-order chi connectivity index (χ1) is 19.4. The molecule has 1 aliphatic heterocycles. The molecule has 0 spiro atoms. The summed E-state index contributed by atoms with van der Waals surface area (Å²) in [6, 6.07) is 14.9. The zero-order valence-corrected chi connectivity index (χ0v) is 23.0. The molecule has 0 bridgehead atoms. The van der Waals surface area contributed by atoms with E-state index in [0.29, 0.717) is 44.7 Å². The lowest BCUT2D eigenvalue weighted by Gasteiger charge is -2.31. The molecule has 7 nitrogen and oxygen atoms in total. The SMILES string of the molecule is CC(C)(C)OC(=O)NCc1cc2cc(-c3ccc(C(=O)N4CCC(F)(F)CC4)cn3)cc(-c3cccc(F)c3)c2o1. The van der Waals surface area contributed by atoms with Gasteiger partial charge in [0, 0.05) is 48.6 Å². The lowest BCUT2D eigenvalue weighted by Crippen LogP contribution is -2.42. The molecule has 0 aliphatic carbocycles. The number of carbonyl (C=O) groups excluding carboxylic acids is 2. The molecule has 4 aromatic rings. The van der Waals surface area contributed by atoms with Crippen LogP contribution in [0.5, 0.6) is 0 Å². The number of amides is 2. The molecule has 2 amide bonds. The van der Waals surface area contributed by atoms with Crippen molar-refractivity contribution in [2.24, 2.45) is 0 Å². The van der Waals surface area contributed by atoms with Crippen molar-refractivity contribution in [3.63, 3.8) is 0 Å². The summed E-state index contributed by atoms with van der Waals surface area (Å²) in [6.45, 7) is 5.38. The molecule has 0 atom stereocenters. The maximum Gasteiger partial charge on any atom is 0.408 e. The largest absolute Gasteiger partial charge is 0.459 e.